The number of nitrogens with zero attached hydrogens (tertiary/aromatic N) is 2. The number of hydrogen-bond acceptors (Lipinski definition) is 3. The highest BCUT2D eigenvalue weighted by molar-refractivity contribution is 5.19. The molecule has 0 amide bonds. The highest BCUT2D eigenvalue weighted by atomic mass is 19.1. The van der Waals surface area contributed by atoms with Gasteiger partial charge in [0.25, 0.3) is 0 Å². The number of hydrogen-bond donors (Lipinski definition) is 2. The molecule has 0 bridgehead atoms. The fourth-order valence-corrected chi connectivity index (χ4v) is 1.86. The zero-order valence-corrected chi connectivity index (χ0v) is 11.1. The molecule has 2 rings (SSSR count). The maximum Gasteiger partial charge on any atom is 0.123 e. The van der Waals surface area contributed by atoms with Gasteiger partial charge in [-0.05, 0) is 24.6 Å². The molecule has 19 heavy (non-hydrogen) atoms. The number of nitrogens with one attached hydrogen (secondary N) is 1. The molecular formula is C14H18FN3O. The molecule has 0 radical (unpaired) electrons. The fourth-order valence-electron chi connectivity index (χ4n) is 1.86. The molecule has 0 aliphatic carbocycles. The van der Waals surface area contributed by atoms with Crippen LogP contribution in [0.5, 0.6) is 0 Å². The van der Waals surface area contributed by atoms with E-state index in [4.69, 9.17) is 0 Å². The molecule has 1 heterocycles. The molecule has 2 N–H and O–H groups in total. The number of aromatic nitrogens is 2. The Hall–Kier alpha value is -1.72. The van der Waals surface area contributed by atoms with Crippen LogP contribution in [0.4, 0.5) is 4.39 Å². The van der Waals surface area contributed by atoms with E-state index in [1.165, 1.54) is 12.1 Å². The van der Waals surface area contributed by atoms with Crippen LogP contribution in [0.2, 0.25) is 0 Å². The summed E-state index contributed by atoms with van der Waals surface area (Å²) in [5.74, 6) is -0.296. The first-order valence-corrected chi connectivity index (χ1v) is 6.19. The molecule has 0 fully saturated rings. The van der Waals surface area contributed by atoms with Crippen LogP contribution < -0.4 is 5.32 Å². The summed E-state index contributed by atoms with van der Waals surface area (Å²) in [6.07, 6.45) is 1.17. The molecule has 102 valence electrons. The van der Waals surface area contributed by atoms with Gasteiger partial charge in [-0.3, -0.25) is 4.68 Å². The van der Waals surface area contributed by atoms with Gasteiger partial charge < -0.3 is 10.4 Å². The van der Waals surface area contributed by atoms with Crippen molar-refractivity contribution >= 4 is 0 Å². The molecule has 0 spiro atoms. The van der Waals surface area contributed by atoms with Crippen molar-refractivity contribution in [1.82, 2.24) is 15.1 Å². The Kier molecular flexibility index (Phi) is 4.29. The molecule has 0 aliphatic rings. The van der Waals surface area contributed by atoms with Crippen molar-refractivity contribution < 1.29 is 9.50 Å². The third-order valence-corrected chi connectivity index (χ3v) is 3.24. The lowest BCUT2D eigenvalue weighted by molar-refractivity contribution is 0.174. The summed E-state index contributed by atoms with van der Waals surface area (Å²) in [6.45, 7) is 3.07. The monoisotopic (exact) mass is 263 g/mol. The van der Waals surface area contributed by atoms with Crippen LogP contribution in [0.25, 0.3) is 0 Å². The Morgan fingerprint density at radius 2 is 2.05 bits per heavy atom. The smallest absolute Gasteiger partial charge is 0.123 e. The van der Waals surface area contributed by atoms with E-state index in [-0.39, 0.29) is 5.82 Å². The van der Waals surface area contributed by atoms with E-state index in [0.717, 1.165) is 11.3 Å². The van der Waals surface area contributed by atoms with Crippen molar-refractivity contribution in [2.24, 2.45) is 7.05 Å². The van der Waals surface area contributed by atoms with Gasteiger partial charge in [-0.25, -0.2) is 4.39 Å². The predicted octanol–water partition coefficient (Wildman–Crippen LogP) is 1.69. The van der Waals surface area contributed by atoms with E-state index < -0.39 is 6.10 Å². The lowest BCUT2D eigenvalue weighted by Gasteiger charge is -2.12. The van der Waals surface area contributed by atoms with Gasteiger partial charge in [0.15, 0.2) is 0 Å². The largest absolute Gasteiger partial charge is 0.387 e. The van der Waals surface area contributed by atoms with E-state index in [1.807, 2.05) is 24.9 Å². The van der Waals surface area contributed by atoms with Gasteiger partial charge >= 0.3 is 0 Å². The zero-order chi connectivity index (χ0) is 13.8. The van der Waals surface area contributed by atoms with Gasteiger partial charge in [-0.15, -0.1) is 0 Å². The van der Waals surface area contributed by atoms with Crippen LogP contribution in [-0.2, 0) is 13.6 Å². The Bertz CT molecular complexity index is 536. The summed E-state index contributed by atoms with van der Waals surface area (Å²) in [4.78, 5) is 0. The van der Waals surface area contributed by atoms with Crippen molar-refractivity contribution in [3.05, 3.63) is 53.1 Å². The molecule has 1 aromatic heterocycles. The Labute approximate surface area is 111 Å². The van der Waals surface area contributed by atoms with Crippen LogP contribution >= 0.6 is 0 Å². The van der Waals surface area contributed by atoms with Crippen molar-refractivity contribution in [2.75, 3.05) is 6.54 Å². The highest BCUT2D eigenvalue weighted by Crippen LogP contribution is 2.13. The van der Waals surface area contributed by atoms with Gasteiger partial charge in [0, 0.05) is 31.4 Å². The van der Waals surface area contributed by atoms with Crippen LogP contribution in [0, 0.1) is 12.7 Å². The minimum Gasteiger partial charge on any atom is -0.387 e. The van der Waals surface area contributed by atoms with Crippen molar-refractivity contribution in [3.8, 4) is 0 Å². The maximum absolute atomic E-state index is 12.8. The van der Waals surface area contributed by atoms with Gasteiger partial charge in [0.1, 0.15) is 5.82 Å². The average Bonchev–Trinajstić information content (AvgIpc) is 2.71. The number of aliphatic hydroxyl groups is 1. The van der Waals surface area contributed by atoms with Crippen molar-refractivity contribution in [3.63, 3.8) is 0 Å². The third-order valence-electron chi connectivity index (χ3n) is 3.24. The SMILES string of the molecule is Cc1c(CNCC(O)c2ccc(F)cc2)cnn1C. The Balaban J connectivity index is 1.85. The fraction of sp³-hybridized carbons (Fsp3) is 0.357. The first kappa shape index (κ1) is 13.7. The summed E-state index contributed by atoms with van der Waals surface area (Å²) in [7, 11) is 1.90. The van der Waals surface area contributed by atoms with Gasteiger partial charge in [0.2, 0.25) is 0 Å². The third kappa shape index (κ3) is 3.39. The molecule has 0 saturated carbocycles. The molecular weight excluding hydrogens is 245 g/mol. The molecule has 0 aliphatic heterocycles. The van der Waals surface area contributed by atoms with Crippen LogP contribution in [0.3, 0.4) is 0 Å². The molecule has 0 saturated heterocycles. The van der Waals surface area contributed by atoms with Gasteiger partial charge in [-0.1, -0.05) is 12.1 Å². The van der Waals surface area contributed by atoms with Crippen LogP contribution in [0.15, 0.2) is 30.5 Å². The maximum atomic E-state index is 12.8. The molecule has 1 unspecified atom stereocenters. The minimum absolute atomic E-state index is 0.296. The minimum atomic E-state index is -0.641. The van der Waals surface area contributed by atoms with Gasteiger partial charge in [-0.2, -0.15) is 5.10 Å². The average molecular weight is 263 g/mol. The molecule has 2 aromatic rings. The van der Waals surface area contributed by atoms with E-state index in [0.29, 0.717) is 18.7 Å². The molecule has 1 aromatic carbocycles. The van der Waals surface area contributed by atoms with Crippen LogP contribution in [-0.4, -0.2) is 21.4 Å². The second-order valence-electron chi connectivity index (χ2n) is 4.58. The van der Waals surface area contributed by atoms with E-state index >= 15 is 0 Å². The second kappa shape index (κ2) is 5.95. The van der Waals surface area contributed by atoms with E-state index in [1.54, 1.807) is 12.1 Å². The van der Waals surface area contributed by atoms with Crippen molar-refractivity contribution in [2.45, 2.75) is 19.6 Å². The quantitative estimate of drug-likeness (QED) is 0.863. The topological polar surface area (TPSA) is 50.1 Å². The Morgan fingerprint density at radius 1 is 1.37 bits per heavy atom. The lowest BCUT2D eigenvalue weighted by Crippen LogP contribution is -2.21. The first-order chi connectivity index (χ1) is 9.08. The number of halogens is 1. The Morgan fingerprint density at radius 3 is 2.63 bits per heavy atom. The van der Waals surface area contributed by atoms with Crippen molar-refractivity contribution in [1.29, 1.82) is 0 Å². The molecule has 1 atom stereocenters. The molecule has 4 nitrogen and oxygen atoms in total. The number of aryl methyl sites for hydroxylation is 1. The normalized spacial score (nSPS) is 12.6. The second-order valence-corrected chi connectivity index (χ2v) is 4.58. The molecule has 5 heteroatoms. The number of benzene rings is 1. The standard InChI is InChI=1S/C14H18FN3O/c1-10-12(8-17-18(10)2)7-16-9-14(19)11-3-5-13(15)6-4-11/h3-6,8,14,16,19H,7,9H2,1-2H3. The van der Waals surface area contributed by atoms with E-state index in [2.05, 4.69) is 10.4 Å². The zero-order valence-electron chi connectivity index (χ0n) is 11.1. The predicted molar refractivity (Wildman–Crippen MR) is 71.0 cm³/mol. The first-order valence-electron chi connectivity index (χ1n) is 6.19. The summed E-state index contributed by atoms with van der Waals surface area (Å²) < 4.78 is 14.6. The summed E-state index contributed by atoms with van der Waals surface area (Å²) in [5, 5.41) is 17.3. The summed E-state index contributed by atoms with van der Waals surface area (Å²) in [5.41, 5.74) is 2.91. The van der Waals surface area contributed by atoms with Gasteiger partial charge in [0.05, 0.1) is 12.3 Å². The summed E-state index contributed by atoms with van der Waals surface area (Å²) >= 11 is 0. The van der Waals surface area contributed by atoms with Crippen LogP contribution in [0.1, 0.15) is 22.9 Å². The summed E-state index contributed by atoms with van der Waals surface area (Å²) in [6, 6.07) is 5.89. The number of rotatable bonds is 5. The lowest BCUT2D eigenvalue weighted by atomic mass is 10.1. The highest BCUT2D eigenvalue weighted by Gasteiger charge is 2.08. The number of aliphatic hydroxyl groups excluding tert-OH is 1. The van der Waals surface area contributed by atoms with E-state index in [9.17, 15) is 9.50 Å².